The summed E-state index contributed by atoms with van der Waals surface area (Å²) in [6.45, 7) is 6.09. The molecule has 2 aromatic rings. The van der Waals surface area contributed by atoms with Crippen molar-refractivity contribution in [1.29, 1.82) is 0 Å². The van der Waals surface area contributed by atoms with Crippen molar-refractivity contribution in [2.45, 2.75) is 32.8 Å². The lowest BCUT2D eigenvalue weighted by Crippen LogP contribution is -2.33. The zero-order valence-electron chi connectivity index (χ0n) is 11.5. The maximum absolute atomic E-state index is 11.5. The molecule has 5 nitrogen and oxygen atoms in total. The third-order valence-electron chi connectivity index (χ3n) is 2.57. The van der Waals surface area contributed by atoms with Crippen LogP contribution in [0.3, 0.4) is 0 Å². The Balaban J connectivity index is 1.83. The van der Waals surface area contributed by atoms with Crippen molar-refractivity contribution >= 4 is 17.1 Å². The molecular formula is C14H19N3O2. The number of benzene rings is 1. The number of hydrogen-bond donors (Lipinski definition) is 2. The summed E-state index contributed by atoms with van der Waals surface area (Å²) >= 11 is 0. The van der Waals surface area contributed by atoms with Gasteiger partial charge in [-0.3, -0.25) is 0 Å². The van der Waals surface area contributed by atoms with Crippen LogP contribution in [0.15, 0.2) is 24.5 Å². The van der Waals surface area contributed by atoms with E-state index in [1.807, 2.05) is 39.0 Å². The molecule has 2 rings (SSSR count). The molecule has 2 N–H and O–H groups in total. The second-order valence-electron chi connectivity index (χ2n) is 5.43. The summed E-state index contributed by atoms with van der Waals surface area (Å²) in [4.78, 5) is 18.7. The van der Waals surface area contributed by atoms with Gasteiger partial charge >= 0.3 is 6.09 Å². The van der Waals surface area contributed by atoms with Gasteiger partial charge in [-0.15, -0.1) is 0 Å². The quantitative estimate of drug-likeness (QED) is 0.892. The molecule has 0 unspecified atom stereocenters. The number of amides is 1. The number of ether oxygens (including phenoxy) is 1. The third-order valence-corrected chi connectivity index (χ3v) is 2.57. The van der Waals surface area contributed by atoms with Crippen LogP contribution in [0.25, 0.3) is 11.0 Å². The number of rotatable bonds is 3. The average molecular weight is 261 g/mol. The summed E-state index contributed by atoms with van der Waals surface area (Å²) in [5, 5.41) is 2.74. The number of fused-ring (bicyclic) bond motifs is 1. The minimum absolute atomic E-state index is 0.380. The molecule has 19 heavy (non-hydrogen) atoms. The second-order valence-corrected chi connectivity index (χ2v) is 5.43. The van der Waals surface area contributed by atoms with Gasteiger partial charge in [-0.05, 0) is 44.9 Å². The molecular weight excluding hydrogens is 242 g/mol. The summed E-state index contributed by atoms with van der Waals surface area (Å²) in [6, 6.07) is 6.02. The zero-order chi connectivity index (χ0) is 13.9. The standard InChI is InChI=1S/C14H19N3O2/c1-14(2,3)19-13(18)15-7-6-10-4-5-11-12(8-10)17-9-16-11/h4-5,8-9H,6-7H2,1-3H3,(H,15,18)(H,16,17). The van der Waals surface area contributed by atoms with Crippen LogP contribution in [-0.2, 0) is 11.2 Å². The van der Waals surface area contributed by atoms with Gasteiger partial charge < -0.3 is 15.0 Å². The number of imidazole rings is 1. The maximum atomic E-state index is 11.5. The summed E-state index contributed by atoms with van der Waals surface area (Å²) < 4.78 is 5.17. The van der Waals surface area contributed by atoms with Crippen LogP contribution < -0.4 is 5.32 Å². The number of carbonyl (C=O) groups excluding carboxylic acids is 1. The lowest BCUT2D eigenvalue weighted by molar-refractivity contribution is 0.0528. The number of aromatic nitrogens is 2. The Kier molecular flexibility index (Phi) is 3.74. The average Bonchev–Trinajstić information content (AvgIpc) is 2.73. The smallest absolute Gasteiger partial charge is 0.407 e. The van der Waals surface area contributed by atoms with Crippen molar-refractivity contribution in [2.75, 3.05) is 6.54 Å². The molecule has 0 aliphatic carbocycles. The molecule has 0 aliphatic heterocycles. The van der Waals surface area contributed by atoms with Crippen LogP contribution in [0.1, 0.15) is 26.3 Å². The SMILES string of the molecule is CC(C)(C)OC(=O)NCCc1ccc2nc[nH]c2c1. The first-order valence-electron chi connectivity index (χ1n) is 6.33. The van der Waals surface area contributed by atoms with Crippen LogP contribution in [0.2, 0.25) is 0 Å². The number of aromatic amines is 1. The van der Waals surface area contributed by atoms with Gasteiger partial charge in [0.25, 0.3) is 0 Å². The highest BCUT2D eigenvalue weighted by molar-refractivity contribution is 5.75. The largest absolute Gasteiger partial charge is 0.444 e. The minimum atomic E-state index is -0.459. The molecule has 0 bridgehead atoms. The molecule has 0 aliphatic rings. The van der Waals surface area contributed by atoms with Crippen LogP contribution in [0.5, 0.6) is 0 Å². The molecule has 0 saturated carbocycles. The first kappa shape index (κ1) is 13.4. The van der Waals surface area contributed by atoms with Gasteiger partial charge in [-0.25, -0.2) is 9.78 Å². The van der Waals surface area contributed by atoms with Gasteiger partial charge in [-0.2, -0.15) is 0 Å². The van der Waals surface area contributed by atoms with Crippen molar-refractivity contribution in [3.8, 4) is 0 Å². The van der Waals surface area contributed by atoms with Crippen LogP contribution in [0, 0.1) is 0 Å². The van der Waals surface area contributed by atoms with Crippen LogP contribution in [-0.4, -0.2) is 28.2 Å². The predicted molar refractivity (Wildman–Crippen MR) is 74.0 cm³/mol. The number of hydrogen-bond acceptors (Lipinski definition) is 3. The number of alkyl carbamates (subject to hydrolysis) is 1. The monoisotopic (exact) mass is 261 g/mol. The molecule has 5 heteroatoms. The Labute approximate surface area is 112 Å². The Morgan fingerprint density at radius 3 is 2.95 bits per heavy atom. The van der Waals surface area contributed by atoms with E-state index in [9.17, 15) is 4.79 Å². The number of H-pyrrole nitrogens is 1. The first-order valence-corrected chi connectivity index (χ1v) is 6.33. The maximum Gasteiger partial charge on any atom is 0.407 e. The molecule has 0 spiro atoms. The Hall–Kier alpha value is -2.04. The van der Waals surface area contributed by atoms with Gasteiger partial charge in [0, 0.05) is 6.54 Å². The topological polar surface area (TPSA) is 67.0 Å². The van der Waals surface area contributed by atoms with Crippen molar-refractivity contribution in [2.24, 2.45) is 0 Å². The fourth-order valence-electron chi connectivity index (χ4n) is 1.76. The van der Waals surface area contributed by atoms with Crippen molar-refractivity contribution < 1.29 is 9.53 Å². The van der Waals surface area contributed by atoms with E-state index >= 15 is 0 Å². The van der Waals surface area contributed by atoms with Gasteiger partial charge in [0.1, 0.15) is 5.60 Å². The van der Waals surface area contributed by atoms with E-state index in [0.717, 1.165) is 23.0 Å². The first-order chi connectivity index (χ1) is 8.94. The Morgan fingerprint density at radius 2 is 2.21 bits per heavy atom. The van der Waals surface area contributed by atoms with Gasteiger partial charge in [-0.1, -0.05) is 6.07 Å². The van der Waals surface area contributed by atoms with E-state index in [1.165, 1.54) is 0 Å². The summed E-state index contributed by atoms with van der Waals surface area (Å²) in [5.74, 6) is 0. The van der Waals surface area contributed by atoms with E-state index in [2.05, 4.69) is 15.3 Å². The van der Waals surface area contributed by atoms with Gasteiger partial charge in [0.15, 0.2) is 0 Å². The van der Waals surface area contributed by atoms with Crippen LogP contribution in [0.4, 0.5) is 4.79 Å². The van der Waals surface area contributed by atoms with E-state index in [4.69, 9.17) is 4.74 Å². The van der Waals surface area contributed by atoms with Gasteiger partial charge in [0.2, 0.25) is 0 Å². The van der Waals surface area contributed by atoms with E-state index in [0.29, 0.717) is 6.54 Å². The third kappa shape index (κ3) is 3.98. The predicted octanol–water partition coefficient (Wildman–Crippen LogP) is 2.63. The summed E-state index contributed by atoms with van der Waals surface area (Å²) in [6.07, 6.45) is 2.05. The number of carbonyl (C=O) groups is 1. The van der Waals surface area contributed by atoms with Crippen LogP contribution >= 0.6 is 0 Å². The fourth-order valence-corrected chi connectivity index (χ4v) is 1.76. The number of nitrogens with zero attached hydrogens (tertiary/aromatic N) is 1. The van der Waals surface area contributed by atoms with Crippen molar-refractivity contribution in [3.05, 3.63) is 30.1 Å². The lowest BCUT2D eigenvalue weighted by atomic mass is 10.1. The second kappa shape index (κ2) is 5.30. The van der Waals surface area contributed by atoms with E-state index < -0.39 is 5.60 Å². The van der Waals surface area contributed by atoms with Crippen molar-refractivity contribution in [3.63, 3.8) is 0 Å². The van der Waals surface area contributed by atoms with Crippen molar-refractivity contribution in [1.82, 2.24) is 15.3 Å². The zero-order valence-corrected chi connectivity index (χ0v) is 11.5. The molecule has 0 saturated heterocycles. The molecule has 1 heterocycles. The molecule has 1 amide bonds. The Bertz CT molecular complexity index is 569. The lowest BCUT2D eigenvalue weighted by Gasteiger charge is -2.19. The van der Waals surface area contributed by atoms with E-state index in [1.54, 1.807) is 6.33 Å². The highest BCUT2D eigenvalue weighted by Crippen LogP contribution is 2.12. The van der Waals surface area contributed by atoms with Gasteiger partial charge in [0.05, 0.1) is 17.4 Å². The summed E-state index contributed by atoms with van der Waals surface area (Å²) in [5.41, 5.74) is 2.64. The van der Waals surface area contributed by atoms with E-state index in [-0.39, 0.29) is 6.09 Å². The molecule has 1 aromatic heterocycles. The Morgan fingerprint density at radius 1 is 1.42 bits per heavy atom. The molecule has 0 fully saturated rings. The normalized spacial score (nSPS) is 11.5. The molecule has 0 radical (unpaired) electrons. The fraction of sp³-hybridized carbons (Fsp3) is 0.429. The number of nitrogens with one attached hydrogen (secondary N) is 2. The molecule has 102 valence electrons. The minimum Gasteiger partial charge on any atom is -0.444 e. The molecule has 0 atom stereocenters. The molecule has 1 aromatic carbocycles. The summed E-state index contributed by atoms with van der Waals surface area (Å²) in [7, 11) is 0. The highest BCUT2D eigenvalue weighted by atomic mass is 16.6. The highest BCUT2D eigenvalue weighted by Gasteiger charge is 2.15.